The van der Waals surface area contributed by atoms with E-state index in [9.17, 15) is 0 Å². The van der Waals surface area contributed by atoms with Gasteiger partial charge in [0.2, 0.25) is 0 Å². The van der Waals surface area contributed by atoms with Crippen molar-refractivity contribution in [3.63, 3.8) is 0 Å². The number of benzene rings is 1. The van der Waals surface area contributed by atoms with Crippen LogP contribution in [-0.2, 0) is 0 Å². The number of halogens is 2. The predicted molar refractivity (Wildman–Crippen MR) is 60.4 cm³/mol. The normalized spacial score (nSPS) is 11.9. The monoisotopic (exact) mass is 299 g/mol. The standard InChI is InChI=1S/C8H10INO.ClH/c9-7-4-2-1-3-6(7)8(10)5-11;/h1-4,8,11H,5,10H2;1H/t8-;/m0./s1. The summed E-state index contributed by atoms with van der Waals surface area (Å²) < 4.78 is 1.10. The first-order valence-corrected chi connectivity index (χ1v) is 4.44. The Morgan fingerprint density at radius 3 is 2.50 bits per heavy atom. The van der Waals surface area contributed by atoms with Gasteiger partial charge in [-0.15, -0.1) is 12.4 Å². The third kappa shape index (κ3) is 2.90. The average Bonchev–Trinajstić information content (AvgIpc) is 2.04. The minimum atomic E-state index is -0.247. The van der Waals surface area contributed by atoms with Gasteiger partial charge < -0.3 is 10.8 Å². The smallest absolute Gasteiger partial charge is 0.0624 e. The zero-order valence-electron chi connectivity index (χ0n) is 6.40. The molecule has 0 spiro atoms. The van der Waals surface area contributed by atoms with Crippen molar-refractivity contribution < 1.29 is 5.11 Å². The van der Waals surface area contributed by atoms with Crippen molar-refractivity contribution in [2.45, 2.75) is 6.04 Å². The highest BCUT2D eigenvalue weighted by molar-refractivity contribution is 14.1. The summed E-state index contributed by atoms with van der Waals surface area (Å²) in [7, 11) is 0. The molecule has 0 aliphatic rings. The molecule has 1 aromatic carbocycles. The molecule has 1 aromatic rings. The largest absolute Gasteiger partial charge is 0.394 e. The number of hydrogen-bond donors (Lipinski definition) is 2. The summed E-state index contributed by atoms with van der Waals surface area (Å²) in [5.74, 6) is 0. The molecule has 0 aliphatic heterocycles. The Kier molecular flexibility index (Phi) is 5.82. The summed E-state index contributed by atoms with van der Waals surface area (Å²) in [5, 5.41) is 8.78. The van der Waals surface area contributed by atoms with Crippen LogP contribution in [0.15, 0.2) is 24.3 Å². The first-order valence-electron chi connectivity index (χ1n) is 3.36. The van der Waals surface area contributed by atoms with Gasteiger partial charge in [-0.05, 0) is 34.2 Å². The number of rotatable bonds is 2. The molecule has 0 aliphatic carbocycles. The van der Waals surface area contributed by atoms with Gasteiger partial charge in [-0.25, -0.2) is 0 Å². The first-order chi connectivity index (χ1) is 5.25. The van der Waals surface area contributed by atoms with Gasteiger partial charge in [-0.1, -0.05) is 18.2 Å². The Balaban J connectivity index is 0.00000121. The molecule has 0 fully saturated rings. The molecular formula is C8H11ClINO. The fourth-order valence-corrected chi connectivity index (χ4v) is 1.66. The van der Waals surface area contributed by atoms with Crippen LogP contribution >= 0.6 is 35.0 Å². The van der Waals surface area contributed by atoms with Gasteiger partial charge in [0.05, 0.1) is 12.6 Å². The lowest BCUT2D eigenvalue weighted by atomic mass is 10.1. The topological polar surface area (TPSA) is 46.2 Å². The van der Waals surface area contributed by atoms with Gasteiger partial charge in [0.25, 0.3) is 0 Å². The van der Waals surface area contributed by atoms with Crippen LogP contribution in [0, 0.1) is 3.57 Å². The van der Waals surface area contributed by atoms with Crippen LogP contribution in [0.5, 0.6) is 0 Å². The van der Waals surface area contributed by atoms with Crippen LogP contribution in [-0.4, -0.2) is 11.7 Å². The summed E-state index contributed by atoms with van der Waals surface area (Å²) in [4.78, 5) is 0. The zero-order valence-corrected chi connectivity index (χ0v) is 9.38. The summed E-state index contributed by atoms with van der Waals surface area (Å²) in [6.07, 6.45) is 0. The van der Waals surface area contributed by atoms with E-state index in [1.165, 1.54) is 0 Å². The van der Waals surface area contributed by atoms with Crippen LogP contribution in [0.3, 0.4) is 0 Å². The molecule has 1 atom stereocenters. The third-order valence-corrected chi connectivity index (χ3v) is 2.48. The second-order valence-corrected chi connectivity index (χ2v) is 3.47. The maximum Gasteiger partial charge on any atom is 0.0624 e. The molecule has 3 N–H and O–H groups in total. The Morgan fingerprint density at radius 2 is 2.00 bits per heavy atom. The molecule has 4 heteroatoms. The van der Waals surface area contributed by atoms with Crippen molar-refractivity contribution in [2.24, 2.45) is 5.73 Å². The van der Waals surface area contributed by atoms with Crippen LogP contribution in [0.4, 0.5) is 0 Å². The summed E-state index contributed by atoms with van der Waals surface area (Å²) in [6, 6.07) is 7.54. The second-order valence-electron chi connectivity index (χ2n) is 2.31. The minimum Gasteiger partial charge on any atom is -0.394 e. The van der Waals surface area contributed by atoms with Gasteiger partial charge in [0.1, 0.15) is 0 Å². The quantitative estimate of drug-likeness (QED) is 0.817. The molecule has 0 radical (unpaired) electrons. The number of nitrogens with two attached hydrogens (primary N) is 1. The van der Waals surface area contributed by atoms with Crippen molar-refractivity contribution in [2.75, 3.05) is 6.61 Å². The highest BCUT2D eigenvalue weighted by atomic mass is 127. The van der Waals surface area contributed by atoms with E-state index in [1.807, 2.05) is 24.3 Å². The van der Waals surface area contributed by atoms with Crippen molar-refractivity contribution in [3.8, 4) is 0 Å². The Morgan fingerprint density at radius 1 is 1.42 bits per heavy atom. The predicted octanol–water partition coefficient (Wildman–Crippen LogP) is 1.71. The van der Waals surface area contributed by atoms with E-state index in [4.69, 9.17) is 10.8 Å². The lowest BCUT2D eigenvalue weighted by molar-refractivity contribution is 0.267. The van der Waals surface area contributed by atoms with Crippen LogP contribution in [0.1, 0.15) is 11.6 Å². The Bertz CT molecular complexity index is 244. The van der Waals surface area contributed by atoms with E-state index in [0.717, 1.165) is 9.13 Å². The van der Waals surface area contributed by atoms with Crippen LogP contribution in [0.2, 0.25) is 0 Å². The molecule has 12 heavy (non-hydrogen) atoms. The van der Waals surface area contributed by atoms with E-state index >= 15 is 0 Å². The fourth-order valence-electron chi connectivity index (χ4n) is 0.874. The van der Waals surface area contributed by atoms with Gasteiger partial charge in [0, 0.05) is 3.57 Å². The summed E-state index contributed by atoms with van der Waals surface area (Å²) >= 11 is 2.21. The molecule has 2 nitrogen and oxygen atoms in total. The summed E-state index contributed by atoms with van der Waals surface area (Å²) in [6.45, 7) is 0.0000148. The van der Waals surface area contributed by atoms with E-state index in [-0.39, 0.29) is 25.1 Å². The Hall–Kier alpha value is 0.160. The molecule has 1 rings (SSSR count). The van der Waals surface area contributed by atoms with Gasteiger partial charge in [0.15, 0.2) is 0 Å². The van der Waals surface area contributed by atoms with Gasteiger partial charge in [-0.2, -0.15) is 0 Å². The van der Waals surface area contributed by atoms with Crippen molar-refractivity contribution in [1.29, 1.82) is 0 Å². The zero-order chi connectivity index (χ0) is 8.27. The first kappa shape index (κ1) is 12.2. The second kappa shape index (κ2) is 5.75. The molecule has 0 aromatic heterocycles. The third-order valence-electron chi connectivity index (χ3n) is 1.50. The number of aliphatic hydroxyl groups excluding tert-OH is 1. The molecule has 0 amide bonds. The Labute approximate surface area is 91.7 Å². The number of aliphatic hydroxyl groups is 1. The van der Waals surface area contributed by atoms with Crippen LogP contribution in [0.25, 0.3) is 0 Å². The minimum absolute atomic E-state index is 0. The maximum absolute atomic E-state index is 8.78. The fraction of sp³-hybridized carbons (Fsp3) is 0.250. The molecule has 0 saturated heterocycles. The lowest BCUT2D eigenvalue weighted by Gasteiger charge is -2.09. The van der Waals surface area contributed by atoms with E-state index < -0.39 is 0 Å². The van der Waals surface area contributed by atoms with Crippen LogP contribution < -0.4 is 5.73 Å². The SMILES string of the molecule is Cl.N[C@@H](CO)c1ccccc1I. The van der Waals surface area contributed by atoms with E-state index in [0.29, 0.717) is 0 Å². The van der Waals surface area contributed by atoms with Crippen molar-refractivity contribution >= 4 is 35.0 Å². The van der Waals surface area contributed by atoms with Gasteiger partial charge >= 0.3 is 0 Å². The lowest BCUT2D eigenvalue weighted by Crippen LogP contribution is -2.15. The molecular weight excluding hydrogens is 288 g/mol. The molecule has 0 bridgehead atoms. The van der Waals surface area contributed by atoms with E-state index in [1.54, 1.807) is 0 Å². The van der Waals surface area contributed by atoms with E-state index in [2.05, 4.69) is 22.6 Å². The molecule has 68 valence electrons. The average molecular weight is 300 g/mol. The highest BCUT2D eigenvalue weighted by Crippen LogP contribution is 2.16. The molecule has 0 heterocycles. The highest BCUT2D eigenvalue weighted by Gasteiger charge is 2.06. The van der Waals surface area contributed by atoms with Crippen molar-refractivity contribution in [3.05, 3.63) is 33.4 Å². The summed E-state index contributed by atoms with van der Waals surface area (Å²) in [5.41, 5.74) is 6.65. The molecule has 0 saturated carbocycles. The van der Waals surface area contributed by atoms with Gasteiger partial charge in [-0.3, -0.25) is 0 Å². The maximum atomic E-state index is 8.78. The van der Waals surface area contributed by atoms with Crippen molar-refractivity contribution in [1.82, 2.24) is 0 Å². The molecule has 0 unspecified atom stereocenters. The number of hydrogen-bond acceptors (Lipinski definition) is 2.